The first-order valence-electron chi connectivity index (χ1n) is 3.27. The molecule has 0 saturated heterocycles. The lowest BCUT2D eigenvalue weighted by Crippen LogP contribution is -2.00. The maximum atomic E-state index is 8.62. The van der Waals surface area contributed by atoms with Gasteiger partial charge in [0.2, 0.25) is 0 Å². The molecule has 0 aliphatic heterocycles. The van der Waals surface area contributed by atoms with Crippen LogP contribution in [0.15, 0.2) is 12.1 Å². The van der Waals surface area contributed by atoms with E-state index in [-0.39, 0.29) is 0 Å². The first kappa shape index (κ1) is 9.78. The van der Waals surface area contributed by atoms with Crippen LogP contribution >= 0.6 is 34.2 Å². The Kier molecular flexibility index (Phi) is 3.32. The van der Waals surface area contributed by atoms with E-state index in [2.05, 4.69) is 22.6 Å². The minimum atomic E-state index is 0.410. The van der Waals surface area contributed by atoms with Gasteiger partial charge in [0.25, 0.3) is 0 Å². The molecule has 1 aromatic carbocycles. The number of nitrogens with zero attached hydrogens (tertiary/aromatic N) is 1. The quantitative estimate of drug-likeness (QED) is 0.807. The predicted molar refractivity (Wildman–Crippen MR) is 56.8 cm³/mol. The summed E-state index contributed by atoms with van der Waals surface area (Å²) in [7, 11) is 0. The van der Waals surface area contributed by atoms with Crippen LogP contribution in [0.25, 0.3) is 0 Å². The van der Waals surface area contributed by atoms with Gasteiger partial charge in [0.1, 0.15) is 0 Å². The molecule has 0 bridgehead atoms. The van der Waals surface area contributed by atoms with E-state index in [1.54, 1.807) is 12.1 Å². The molecule has 1 aromatic rings. The summed E-state index contributed by atoms with van der Waals surface area (Å²) >= 11 is 7.98. The van der Waals surface area contributed by atoms with Crippen molar-refractivity contribution in [3.63, 3.8) is 0 Å². The fraction of sp³-hybridized carbons (Fsp3) is 0.125. The van der Waals surface area contributed by atoms with E-state index in [0.29, 0.717) is 17.1 Å². The molecule has 1 rings (SSSR count). The van der Waals surface area contributed by atoms with Crippen LogP contribution in [0.4, 0.5) is 0 Å². The van der Waals surface area contributed by atoms with Crippen LogP contribution in [0.2, 0.25) is 5.02 Å². The SMILES string of the molecule is N#Cc1cc(Cl)c(I)c(CN)c1. The zero-order valence-electron chi connectivity index (χ0n) is 6.14. The molecule has 62 valence electrons. The van der Waals surface area contributed by atoms with Gasteiger partial charge in [0.05, 0.1) is 16.7 Å². The van der Waals surface area contributed by atoms with Gasteiger partial charge in [-0.2, -0.15) is 5.26 Å². The second-order valence-electron chi connectivity index (χ2n) is 2.25. The summed E-state index contributed by atoms with van der Waals surface area (Å²) in [5.74, 6) is 0. The second kappa shape index (κ2) is 4.08. The van der Waals surface area contributed by atoms with Gasteiger partial charge in [0, 0.05) is 10.1 Å². The first-order chi connectivity index (χ1) is 5.69. The average molecular weight is 293 g/mol. The average Bonchev–Trinajstić information content (AvgIpc) is 2.09. The van der Waals surface area contributed by atoms with Gasteiger partial charge in [-0.15, -0.1) is 0 Å². The molecule has 4 heteroatoms. The minimum absolute atomic E-state index is 0.410. The van der Waals surface area contributed by atoms with Crippen molar-refractivity contribution in [2.75, 3.05) is 0 Å². The van der Waals surface area contributed by atoms with Crippen LogP contribution in [0.1, 0.15) is 11.1 Å². The maximum absolute atomic E-state index is 8.62. The predicted octanol–water partition coefficient (Wildman–Crippen LogP) is 2.27. The Balaban J connectivity index is 3.31. The number of hydrogen-bond donors (Lipinski definition) is 1. The molecule has 0 saturated carbocycles. The highest BCUT2D eigenvalue weighted by Gasteiger charge is 2.04. The molecule has 12 heavy (non-hydrogen) atoms. The zero-order chi connectivity index (χ0) is 9.14. The number of nitrogens with two attached hydrogens (primary N) is 1. The van der Waals surface area contributed by atoms with Crippen molar-refractivity contribution in [2.24, 2.45) is 5.73 Å². The number of hydrogen-bond acceptors (Lipinski definition) is 2. The van der Waals surface area contributed by atoms with Gasteiger partial charge in [0.15, 0.2) is 0 Å². The van der Waals surface area contributed by atoms with Crippen LogP contribution in [0.5, 0.6) is 0 Å². The molecule has 0 fully saturated rings. The number of benzene rings is 1. The van der Waals surface area contributed by atoms with Gasteiger partial charge in [-0.25, -0.2) is 0 Å². The Hall–Kier alpha value is -0.310. The maximum Gasteiger partial charge on any atom is 0.0992 e. The van der Waals surface area contributed by atoms with Crippen molar-refractivity contribution in [3.8, 4) is 6.07 Å². The summed E-state index contributed by atoms with van der Waals surface area (Å²) in [6, 6.07) is 5.43. The van der Waals surface area contributed by atoms with Gasteiger partial charge in [-0.05, 0) is 40.3 Å². The van der Waals surface area contributed by atoms with E-state index >= 15 is 0 Å². The third-order valence-electron chi connectivity index (χ3n) is 1.45. The Labute approximate surface area is 89.5 Å². The summed E-state index contributed by atoms with van der Waals surface area (Å²) in [6.07, 6.45) is 0. The number of halogens is 2. The Morgan fingerprint density at radius 3 is 2.75 bits per heavy atom. The fourth-order valence-corrected chi connectivity index (χ4v) is 1.63. The molecule has 2 nitrogen and oxygen atoms in total. The van der Waals surface area contributed by atoms with Gasteiger partial charge >= 0.3 is 0 Å². The molecule has 2 N–H and O–H groups in total. The molecule has 0 spiro atoms. The number of rotatable bonds is 1. The van der Waals surface area contributed by atoms with E-state index in [1.165, 1.54) is 0 Å². The van der Waals surface area contributed by atoms with Crippen molar-refractivity contribution in [2.45, 2.75) is 6.54 Å². The van der Waals surface area contributed by atoms with Crippen LogP contribution in [0.3, 0.4) is 0 Å². The summed E-state index contributed by atoms with van der Waals surface area (Å²) < 4.78 is 0.927. The molecule has 0 amide bonds. The lowest BCUT2D eigenvalue weighted by molar-refractivity contribution is 1.06. The van der Waals surface area contributed by atoms with Gasteiger partial charge < -0.3 is 5.73 Å². The highest BCUT2D eigenvalue weighted by molar-refractivity contribution is 14.1. The van der Waals surface area contributed by atoms with Crippen molar-refractivity contribution in [3.05, 3.63) is 31.9 Å². The van der Waals surface area contributed by atoms with E-state index in [4.69, 9.17) is 22.6 Å². The lowest BCUT2D eigenvalue weighted by Gasteiger charge is -2.03. The normalized spacial score (nSPS) is 9.50. The standard InChI is InChI=1S/C8H6ClIN2/c9-7-2-5(3-11)1-6(4-12)8(7)10/h1-2H,4,12H2. The molecule has 0 unspecified atom stereocenters. The first-order valence-corrected chi connectivity index (χ1v) is 4.72. The topological polar surface area (TPSA) is 49.8 Å². The summed E-state index contributed by atoms with van der Waals surface area (Å²) in [5, 5.41) is 9.21. The van der Waals surface area contributed by atoms with Crippen molar-refractivity contribution >= 4 is 34.2 Å². The monoisotopic (exact) mass is 292 g/mol. The summed E-state index contributed by atoms with van der Waals surface area (Å²) in [4.78, 5) is 0. The van der Waals surface area contributed by atoms with E-state index in [1.807, 2.05) is 6.07 Å². The third-order valence-corrected chi connectivity index (χ3v) is 3.34. The zero-order valence-corrected chi connectivity index (χ0v) is 9.06. The van der Waals surface area contributed by atoms with Crippen LogP contribution in [0, 0.1) is 14.9 Å². The van der Waals surface area contributed by atoms with Crippen LogP contribution < -0.4 is 5.73 Å². The molecular weight excluding hydrogens is 286 g/mol. The third kappa shape index (κ3) is 1.89. The van der Waals surface area contributed by atoms with Crippen LogP contribution in [-0.2, 0) is 6.54 Å². The summed E-state index contributed by atoms with van der Waals surface area (Å²) in [5.41, 5.74) is 6.94. The van der Waals surface area contributed by atoms with E-state index < -0.39 is 0 Å². The molecule has 0 heterocycles. The van der Waals surface area contributed by atoms with Crippen molar-refractivity contribution < 1.29 is 0 Å². The smallest absolute Gasteiger partial charge is 0.0992 e. The molecule has 0 aromatic heterocycles. The second-order valence-corrected chi connectivity index (χ2v) is 3.73. The minimum Gasteiger partial charge on any atom is -0.326 e. The van der Waals surface area contributed by atoms with Gasteiger partial charge in [-0.3, -0.25) is 0 Å². The largest absolute Gasteiger partial charge is 0.326 e. The highest BCUT2D eigenvalue weighted by Crippen LogP contribution is 2.23. The highest BCUT2D eigenvalue weighted by atomic mass is 127. The number of nitriles is 1. The molecule has 0 aliphatic rings. The van der Waals surface area contributed by atoms with Crippen molar-refractivity contribution in [1.29, 1.82) is 5.26 Å². The Morgan fingerprint density at radius 2 is 2.25 bits per heavy atom. The van der Waals surface area contributed by atoms with E-state index in [0.717, 1.165) is 9.13 Å². The van der Waals surface area contributed by atoms with Gasteiger partial charge in [-0.1, -0.05) is 11.6 Å². The fourth-order valence-electron chi connectivity index (χ4n) is 0.859. The summed E-state index contributed by atoms with van der Waals surface area (Å²) in [6.45, 7) is 0.410. The van der Waals surface area contributed by atoms with Crippen molar-refractivity contribution in [1.82, 2.24) is 0 Å². The van der Waals surface area contributed by atoms with E-state index in [9.17, 15) is 0 Å². The molecule has 0 atom stereocenters. The molecule has 0 aliphatic carbocycles. The molecule has 0 radical (unpaired) electrons. The Morgan fingerprint density at radius 1 is 1.58 bits per heavy atom. The molecular formula is C8H6ClIN2. The lowest BCUT2D eigenvalue weighted by atomic mass is 10.1. The Bertz CT molecular complexity index is 344. The van der Waals surface area contributed by atoms with Crippen LogP contribution in [-0.4, -0.2) is 0 Å².